The van der Waals surface area contributed by atoms with Crippen molar-refractivity contribution in [2.75, 3.05) is 11.9 Å². The minimum absolute atomic E-state index is 0.0123. The summed E-state index contributed by atoms with van der Waals surface area (Å²) in [5.74, 6) is 0.0123. The standard InChI is InChI=1S/C21H20BrN3O2/c1-24(18-6-3-2-4-7-18)20(26)8-5-15-25-21(27)14-13-19(23-25)16-9-11-17(22)12-10-16/h2-4,6-7,9-14H,5,8,15H2,1H3. The van der Waals surface area contributed by atoms with Gasteiger partial charge in [-0.2, -0.15) is 5.10 Å². The van der Waals surface area contributed by atoms with Gasteiger partial charge in [0.1, 0.15) is 0 Å². The maximum atomic E-state index is 12.4. The molecule has 0 aliphatic carbocycles. The molecule has 27 heavy (non-hydrogen) atoms. The number of halogens is 1. The average Bonchev–Trinajstić information content (AvgIpc) is 2.70. The Bertz CT molecular complexity index is 969. The van der Waals surface area contributed by atoms with Crippen LogP contribution < -0.4 is 10.5 Å². The Morgan fingerprint density at radius 3 is 2.44 bits per heavy atom. The van der Waals surface area contributed by atoms with Gasteiger partial charge in [-0.3, -0.25) is 9.59 Å². The molecule has 0 spiro atoms. The normalized spacial score (nSPS) is 10.6. The molecule has 0 saturated heterocycles. The first-order valence-corrected chi connectivity index (χ1v) is 9.49. The Morgan fingerprint density at radius 1 is 1.04 bits per heavy atom. The number of para-hydroxylation sites is 1. The zero-order chi connectivity index (χ0) is 19.2. The van der Waals surface area contributed by atoms with E-state index in [2.05, 4.69) is 21.0 Å². The zero-order valence-corrected chi connectivity index (χ0v) is 16.6. The van der Waals surface area contributed by atoms with Gasteiger partial charge in [0.15, 0.2) is 0 Å². The molecule has 0 atom stereocenters. The molecule has 0 aliphatic heterocycles. The van der Waals surface area contributed by atoms with E-state index in [4.69, 9.17) is 0 Å². The first-order chi connectivity index (χ1) is 13.0. The molecule has 2 aromatic carbocycles. The van der Waals surface area contributed by atoms with Crippen LogP contribution >= 0.6 is 15.9 Å². The fourth-order valence-electron chi connectivity index (χ4n) is 2.73. The van der Waals surface area contributed by atoms with Gasteiger partial charge in [-0.15, -0.1) is 0 Å². The van der Waals surface area contributed by atoms with Crippen LogP contribution in [0.5, 0.6) is 0 Å². The summed E-state index contributed by atoms with van der Waals surface area (Å²) in [7, 11) is 1.76. The summed E-state index contributed by atoms with van der Waals surface area (Å²) in [6.07, 6.45) is 0.898. The molecular weight excluding hydrogens is 406 g/mol. The first-order valence-electron chi connectivity index (χ1n) is 8.70. The lowest BCUT2D eigenvalue weighted by Crippen LogP contribution is -2.27. The lowest BCUT2D eigenvalue weighted by atomic mass is 10.1. The number of aryl methyl sites for hydroxylation is 1. The number of carbonyl (C=O) groups excluding carboxylic acids is 1. The number of rotatable bonds is 6. The molecule has 0 N–H and O–H groups in total. The number of hydrogen-bond donors (Lipinski definition) is 0. The van der Waals surface area contributed by atoms with Gasteiger partial charge in [-0.25, -0.2) is 4.68 Å². The largest absolute Gasteiger partial charge is 0.316 e. The summed E-state index contributed by atoms with van der Waals surface area (Å²) in [5.41, 5.74) is 2.36. The van der Waals surface area contributed by atoms with Gasteiger partial charge in [-0.05, 0) is 36.8 Å². The molecule has 1 aromatic heterocycles. The molecule has 1 amide bonds. The lowest BCUT2D eigenvalue weighted by molar-refractivity contribution is -0.118. The third kappa shape index (κ3) is 4.92. The van der Waals surface area contributed by atoms with E-state index in [9.17, 15) is 9.59 Å². The predicted molar refractivity (Wildman–Crippen MR) is 111 cm³/mol. The van der Waals surface area contributed by atoms with Gasteiger partial charge in [0.25, 0.3) is 5.56 Å². The third-order valence-corrected chi connectivity index (χ3v) is 4.81. The number of benzene rings is 2. The van der Waals surface area contributed by atoms with E-state index in [1.807, 2.05) is 54.6 Å². The van der Waals surface area contributed by atoms with Crippen molar-refractivity contribution in [3.8, 4) is 11.3 Å². The molecule has 3 aromatic rings. The van der Waals surface area contributed by atoms with Crippen molar-refractivity contribution >= 4 is 27.5 Å². The van der Waals surface area contributed by atoms with Gasteiger partial charge in [0.05, 0.1) is 5.69 Å². The smallest absolute Gasteiger partial charge is 0.266 e. The molecule has 0 bridgehead atoms. The summed E-state index contributed by atoms with van der Waals surface area (Å²) in [4.78, 5) is 26.1. The molecule has 0 saturated carbocycles. The van der Waals surface area contributed by atoms with Crippen molar-refractivity contribution in [1.29, 1.82) is 0 Å². The highest BCUT2D eigenvalue weighted by Crippen LogP contribution is 2.19. The monoisotopic (exact) mass is 425 g/mol. The van der Waals surface area contributed by atoms with E-state index < -0.39 is 0 Å². The van der Waals surface area contributed by atoms with Crippen LogP contribution in [-0.2, 0) is 11.3 Å². The quantitative estimate of drug-likeness (QED) is 0.596. The summed E-state index contributed by atoms with van der Waals surface area (Å²) in [6, 6.07) is 20.5. The SMILES string of the molecule is CN(C(=O)CCCn1nc(-c2ccc(Br)cc2)ccc1=O)c1ccccc1. The van der Waals surface area contributed by atoms with E-state index in [1.54, 1.807) is 18.0 Å². The molecule has 0 fully saturated rings. The van der Waals surface area contributed by atoms with Gasteiger partial charge >= 0.3 is 0 Å². The number of amides is 1. The Balaban J connectivity index is 1.64. The third-order valence-electron chi connectivity index (χ3n) is 4.28. The summed E-state index contributed by atoms with van der Waals surface area (Å²) in [5, 5.41) is 4.44. The molecular formula is C21H20BrN3O2. The fraction of sp³-hybridized carbons (Fsp3) is 0.190. The maximum absolute atomic E-state index is 12.4. The van der Waals surface area contributed by atoms with Crippen LogP contribution in [0.3, 0.4) is 0 Å². The lowest BCUT2D eigenvalue weighted by Gasteiger charge is -2.17. The molecule has 138 valence electrons. The molecule has 0 radical (unpaired) electrons. The minimum Gasteiger partial charge on any atom is -0.316 e. The van der Waals surface area contributed by atoms with Crippen molar-refractivity contribution in [3.63, 3.8) is 0 Å². The highest BCUT2D eigenvalue weighted by molar-refractivity contribution is 9.10. The molecule has 1 heterocycles. The van der Waals surface area contributed by atoms with Crippen LogP contribution in [0.15, 0.2) is 76.0 Å². The highest BCUT2D eigenvalue weighted by atomic mass is 79.9. The molecule has 0 aliphatic rings. The Kier molecular flexibility index (Phi) is 6.19. The number of hydrogen-bond acceptors (Lipinski definition) is 3. The van der Waals surface area contributed by atoms with Gasteiger partial charge in [0.2, 0.25) is 5.91 Å². The minimum atomic E-state index is -0.167. The molecule has 5 nitrogen and oxygen atoms in total. The Labute approximate surface area is 166 Å². The summed E-state index contributed by atoms with van der Waals surface area (Å²) in [6.45, 7) is 0.400. The van der Waals surface area contributed by atoms with E-state index in [1.165, 1.54) is 10.7 Å². The van der Waals surface area contributed by atoms with Crippen LogP contribution in [0.1, 0.15) is 12.8 Å². The van der Waals surface area contributed by atoms with Crippen molar-refractivity contribution < 1.29 is 4.79 Å². The van der Waals surface area contributed by atoms with Crippen molar-refractivity contribution in [2.24, 2.45) is 0 Å². The summed E-state index contributed by atoms with van der Waals surface area (Å²) >= 11 is 3.41. The van der Waals surface area contributed by atoms with Crippen LogP contribution in [0.2, 0.25) is 0 Å². The predicted octanol–water partition coefficient (Wildman–Crippen LogP) is 4.12. The Hall–Kier alpha value is -2.73. The number of anilines is 1. The Morgan fingerprint density at radius 2 is 1.74 bits per heavy atom. The van der Waals surface area contributed by atoms with Gasteiger partial charge in [0, 0.05) is 41.8 Å². The van der Waals surface area contributed by atoms with Crippen LogP contribution in [0, 0.1) is 0 Å². The van der Waals surface area contributed by atoms with E-state index >= 15 is 0 Å². The van der Waals surface area contributed by atoms with Crippen molar-refractivity contribution in [2.45, 2.75) is 19.4 Å². The second kappa shape index (κ2) is 8.77. The number of aromatic nitrogens is 2. The van der Waals surface area contributed by atoms with Crippen LogP contribution in [-0.4, -0.2) is 22.7 Å². The second-order valence-corrected chi connectivity index (χ2v) is 7.09. The van der Waals surface area contributed by atoms with Gasteiger partial charge < -0.3 is 4.90 Å². The first kappa shape index (κ1) is 19.0. The second-order valence-electron chi connectivity index (χ2n) is 6.18. The van der Waals surface area contributed by atoms with E-state index in [0.717, 1.165) is 21.4 Å². The van der Waals surface area contributed by atoms with E-state index in [0.29, 0.717) is 19.4 Å². The highest BCUT2D eigenvalue weighted by Gasteiger charge is 2.11. The number of nitrogens with zero attached hydrogens (tertiary/aromatic N) is 3. The maximum Gasteiger partial charge on any atom is 0.266 e. The van der Waals surface area contributed by atoms with Crippen molar-refractivity contribution in [1.82, 2.24) is 9.78 Å². The van der Waals surface area contributed by atoms with Gasteiger partial charge in [-0.1, -0.05) is 46.3 Å². The van der Waals surface area contributed by atoms with E-state index in [-0.39, 0.29) is 11.5 Å². The molecule has 0 unspecified atom stereocenters. The number of carbonyl (C=O) groups is 1. The van der Waals surface area contributed by atoms with Crippen LogP contribution in [0.25, 0.3) is 11.3 Å². The van der Waals surface area contributed by atoms with Crippen molar-refractivity contribution in [3.05, 3.63) is 81.6 Å². The van der Waals surface area contributed by atoms with Crippen LogP contribution in [0.4, 0.5) is 5.69 Å². The summed E-state index contributed by atoms with van der Waals surface area (Å²) < 4.78 is 2.41. The molecule has 3 rings (SSSR count). The topological polar surface area (TPSA) is 55.2 Å². The average molecular weight is 426 g/mol. The zero-order valence-electron chi connectivity index (χ0n) is 15.0. The fourth-order valence-corrected chi connectivity index (χ4v) is 2.99. The molecule has 6 heteroatoms.